The van der Waals surface area contributed by atoms with Crippen LogP contribution in [0.1, 0.15) is 63.6 Å². The second-order valence-electron chi connectivity index (χ2n) is 9.10. The van der Waals surface area contributed by atoms with Gasteiger partial charge in [-0.2, -0.15) is 0 Å². The highest BCUT2D eigenvalue weighted by Gasteiger charge is 2.25. The van der Waals surface area contributed by atoms with Crippen LogP contribution in [-0.2, 0) is 0 Å². The number of nitrogen functional groups attached to an aromatic ring is 1. The van der Waals surface area contributed by atoms with Gasteiger partial charge in [-0.3, -0.25) is 14.6 Å². The molecule has 7 nitrogen and oxygen atoms in total. The van der Waals surface area contributed by atoms with Gasteiger partial charge < -0.3 is 16.8 Å². The van der Waals surface area contributed by atoms with Gasteiger partial charge >= 0.3 is 0 Å². The van der Waals surface area contributed by atoms with Gasteiger partial charge in [0.25, 0.3) is 5.91 Å². The van der Waals surface area contributed by atoms with Gasteiger partial charge in [0.05, 0.1) is 11.0 Å². The normalized spacial score (nSPS) is 18.1. The summed E-state index contributed by atoms with van der Waals surface area (Å²) in [5.41, 5.74) is 16.2. The minimum absolute atomic E-state index is 0.0651. The number of nitrogens with one attached hydrogen (secondary N) is 1. The van der Waals surface area contributed by atoms with Crippen molar-refractivity contribution in [3.63, 3.8) is 0 Å². The fourth-order valence-corrected chi connectivity index (χ4v) is 4.96. The highest BCUT2D eigenvalue weighted by molar-refractivity contribution is 5.98. The molecule has 1 saturated carbocycles. The molecule has 0 aliphatic heterocycles. The van der Waals surface area contributed by atoms with E-state index in [0.717, 1.165) is 53.2 Å². The third kappa shape index (κ3) is 4.29. The van der Waals surface area contributed by atoms with E-state index in [0.29, 0.717) is 22.9 Å². The molecule has 2 heterocycles. The minimum atomic E-state index is -0.438. The number of anilines is 1. The first-order chi connectivity index (χ1) is 16.4. The number of aromatic nitrogens is 2. The Morgan fingerprint density at radius 1 is 0.853 bits per heavy atom. The molecule has 5 rings (SSSR count). The number of hydrogen-bond donors (Lipinski definition) is 3. The van der Waals surface area contributed by atoms with E-state index in [1.54, 1.807) is 18.2 Å². The van der Waals surface area contributed by atoms with Crippen LogP contribution in [0.4, 0.5) is 5.82 Å². The minimum Gasteiger partial charge on any atom is -0.384 e. The lowest BCUT2D eigenvalue weighted by molar-refractivity contribution is 0.0925. The molecule has 4 aromatic rings. The maximum Gasteiger partial charge on any atom is 0.251 e. The van der Waals surface area contributed by atoms with Crippen LogP contribution < -0.4 is 16.8 Å². The zero-order valence-corrected chi connectivity index (χ0v) is 19.0. The van der Waals surface area contributed by atoms with E-state index in [4.69, 9.17) is 16.5 Å². The van der Waals surface area contributed by atoms with Gasteiger partial charge in [0.15, 0.2) is 0 Å². The van der Waals surface area contributed by atoms with Gasteiger partial charge in [0.2, 0.25) is 5.91 Å². The molecule has 0 unspecified atom stereocenters. The van der Waals surface area contributed by atoms with Gasteiger partial charge in [-0.25, -0.2) is 4.98 Å². The Morgan fingerprint density at radius 2 is 1.53 bits per heavy atom. The fourth-order valence-electron chi connectivity index (χ4n) is 4.96. The highest BCUT2D eigenvalue weighted by atomic mass is 16.2. The van der Waals surface area contributed by atoms with Crippen molar-refractivity contribution in [2.24, 2.45) is 5.73 Å². The number of primary amides is 1. The van der Waals surface area contributed by atoms with Gasteiger partial charge in [-0.15, -0.1) is 0 Å². The lowest BCUT2D eigenvalue weighted by Crippen LogP contribution is -2.37. The van der Waals surface area contributed by atoms with E-state index in [-0.39, 0.29) is 11.9 Å². The number of hydrogen-bond acceptors (Lipinski definition) is 5. The van der Waals surface area contributed by atoms with Crippen molar-refractivity contribution in [1.29, 1.82) is 0 Å². The number of pyridine rings is 2. The number of rotatable bonds is 4. The molecular formula is C27H27N5O2. The number of carbonyl (C=O) groups is 2. The standard InChI is InChI=1S/C27H27N5O2/c1-15-22(14-20-13-18(26(29)33)4-9-24(20)30-15)16-2-7-21(8-3-16)31-27(34)19-5-10-23-17(12-19)6-11-25(28)32-23/h4-6,9-14,16,21H,2-3,7-8H2,1H3,(H2,28,32)(H2,29,33)(H,31,34). The molecule has 172 valence electrons. The zero-order valence-electron chi connectivity index (χ0n) is 19.0. The second-order valence-corrected chi connectivity index (χ2v) is 9.10. The van der Waals surface area contributed by atoms with E-state index in [1.807, 2.05) is 37.3 Å². The average molecular weight is 454 g/mol. The van der Waals surface area contributed by atoms with Crippen molar-refractivity contribution in [3.05, 3.63) is 77.0 Å². The first-order valence-electron chi connectivity index (χ1n) is 11.6. The summed E-state index contributed by atoms with van der Waals surface area (Å²) in [5, 5.41) is 5.02. The molecule has 2 aromatic heterocycles. The molecule has 1 aliphatic carbocycles. The van der Waals surface area contributed by atoms with Crippen molar-refractivity contribution in [2.45, 2.75) is 44.6 Å². The molecular weight excluding hydrogens is 426 g/mol. The number of benzene rings is 2. The Balaban J connectivity index is 1.27. The Kier molecular flexibility index (Phi) is 5.61. The van der Waals surface area contributed by atoms with Crippen LogP contribution in [0, 0.1) is 6.92 Å². The van der Waals surface area contributed by atoms with Gasteiger partial charge in [0.1, 0.15) is 5.82 Å². The van der Waals surface area contributed by atoms with Crippen LogP contribution in [-0.4, -0.2) is 27.8 Å². The number of nitrogens with two attached hydrogens (primary N) is 2. The first kappa shape index (κ1) is 21.8. The summed E-state index contributed by atoms with van der Waals surface area (Å²) in [6, 6.07) is 16.7. The fraction of sp³-hybridized carbons (Fsp3) is 0.259. The van der Waals surface area contributed by atoms with Crippen molar-refractivity contribution < 1.29 is 9.59 Å². The van der Waals surface area contributed by atoms with E-state index in [9.17, 15) is 9.59 Å². The van der Waals surface area contributed by atoms with Gasteiger partial charge in [-0.1, -0.05) is 0 Å². The molecule has 34 heavy (non-hydrogen) atoms. The third-order valence-corrected chi connectivity index (χ3v) is 6.80. The summed E-state index contributed by atoms with van der Waals surface area (Å²) in [6.07, 6.45) is 3.74. The zero-order chi connectivity index (χ0) is 23.8. The molecule has 2 aromatic carbocycles. The average Bonchev–Trinajstić information content (AvgIpc) is 2.83. The van der Waals surface area contributed by atoms with Gasteiger partial charge in [0, 0.05) is 33.6 Å². The summed E-state index contributed by atoms with van der Waals surface area (Å²) in [7, 11) is 0. The van der Waals surface area contributed by atoms with Crippen LogP contribution >= 0.6 is 0 Å². The number of fused-ring (bicyclic) bond motifs is 2. The van der Waals surface area contributed by atoms with E-state index in [1.165, 1.54) is 5.56 Å². The topological polar surface area (TPSA) is 124 Å². The van der Waals surface area contributed by atoms with Crippen molar-refractivity contribution in [2.75, 3.05) is 5.73 Å². The summed E-state index contributed by atoms with van der Waals surface area (Å²) >= 11 is 0. The van der Waals surface area contributed by atoms with E-state index >= 15 is 0 Å². The van der Waals surface area contributed by atoms with E-state index in [2.05, 4.69) is 16.4 Å². The molecule has 7 heteroatoms. The SMILES string of the molecule is Cc1nc2ccc(C(N)=O)cc2cc1C1CCC(NC(=O)c2ccc3nc(N)ccc3c2)CC1. The lowest BCUT2D eigenvalue weighted by atomic mass is 9.80. The van der Waals surface area contributed by atoms with Crippen molar-refractivity contribution in [3.8, 4) is 0 Å². The molecule has 0 saturated heterocycles. The van der Waals surface area contributed by atoms with Crippen molar-refractivity contribution >= 4 is 39.4 Å². The number of aryl methyl sites for hydroxylation is 1. The van der Waals surface area contributed by atoms with Crippen molar-refractivity contribution in [1.82, 2.24) is 15.3 Å². The van der Waals surface area contributed by atoms with Crippen LogP contribution in [0.2, 0.25) is 0 Å². The Bertz CT molecular complexity index is 1420. The molecule has 2 amide bonds. The maximum absolute atomic E-state index is 12.9. The molecule has 1 fully saturated rings. The van der Waals surface area contributed by atoms with Crippen LogP contribution in [0.5, 0.6) is 0 Å². The quantitative estimate of drug-likeness (QED) is 0.427. The largest absolute Gasteiger partial charge is 0.384 e. The molecule has 5 N–H and O–H groups in total. The Labute approximate surface area is 197 Å². The second kappa shape index (κ2) is 8.74. The number of carbonyl (C=O) groups excluding carboxylic acids is 2. The summed E-state index contributed by atoms with van der Waals surface area (Å²) in [6.45, 7) is 2.03. The van der Waals surface area contributed by atoms with Gasteiger partial charge in [-0.05, 0) is 98.7 Å². The molecule has 0 atom stereocenters. The Morgan fingerprint density at radius 3 is 2.26 bits per heavy atom. The molecule has 1 aliphatic rings. The number of amides is 2. The monoisotopic (exact) mass is 453 g/mol. The summed E-state index contributed by atoms with van der Waals surface area (Å²) in [5.74, 6) is 0.336. The predicted octanol–water partition coefficient (Wildman–Crippen LogP) is 4.23. The molecule has 0 radical (unpaired) electrons. The van der Waals surface area contributed by atoms with Crippen LogP contribution in [0.25, 0.3) is 21.8 Å². The van der Waals surface area contributed by atoms with Crippen LogP contribution in [0.15, 0.2) is 54.6 Å². The predicted molar refractivity (Wildman–Crippen MR) is 134 cm³/mol. The van der Waals surface area contributed by atoms with E-state index < -0.39 is 5.91 Å². The maximum atomic E-state index is 12.9. The number of nitrogens with zero attached hydrogens (tertiary/aromatic N) is 2. The highest BCUT2D eigenvalue weighted by Crippen LogP contribution is 2.35. The molecule has 0 spiro atoms. The third-order valence-electron chi connectivity index (χ3n) is 6.80. The summed E-state index contributed by atoms with van der Waals surface area (Å²) < 4.78 is 0. The lowest BCUT2D eigenvalue weighted by Gasteiger charge is -2.30. The first-order valence-corrected chi connectivity index (χ1v) is 11.6. The molecule has 0 bridgehead atoms. The van der Waals surface area contributed by atoms with Crippen LogP contribution in [0.3, 0.4) is 0 Å². The summed E-state index contributed by atoms with van der Waals surface area (Å²) in [4.78, 5) is 33.5. The smallest absolute Gasteiger partial charge is 0.251 e. The Hall–Kier alpha value is -4.00.